The summed E-state index contributed by atoms with van der Waals surface area (Å²) in [5.41, 5.74) is 1.49. The highest BCUT2D eigenvalue weighted by atomic mass is 19.2. The summed E-state index contributed by atoms with van der Waals surface area (Å²) in [5.74, 6) is -4.06. The van der Waals surface area contributed by atoms with Crippen LogP contribution in [0, 0.1) is 23.4 Å². The summed E-state index contributed by atoms with van der Waals surface area (Å²) in [6.45, 7) is 0.894. The van der Waals surface area contributed by atoms with Crippen LogP contribution >= 0.6 is 0 Å². The quantitative estimate of drug-likeness (QED) is 0.669. The minimum Gasteiger partial charge on any atom is -0.299 e. The fourth-order valence-corrected chi connectivity index (χ4v) is 4.85. The summed E-state index contributed by atoms with van der Waals surface area (Å²) in [6, 6.07) is 13.0. The van der Waals surface area contributed by atoms with Gasteiger partial charge in [0, 0.05) is 31.0 Å². The molecule has 5 heteroatoms. The summed E-state index contributed by atoms with van der Waals surface area (Å²) in [6.07, 6.45) is 4.86. The molecule has 2 atom stereocenters. The lowest BCUT2D eigenvalue weighted by molar-refractivity contribution is -0.126. The molecule has 2 heterocycles. The van der Waals surface area contributed by atoms with E-state index in [0.717, 1.165) is 44.4 Å². The molecule has 148 valence electrons. The maximum absolute atomic E-state index is 13.4. The van der Waals surface area contributed by atoms with Gasteiger partial charge in [-0.2, -0.15) is 0 Å². The Morgan fingerprint density at radius 1 is 0.929 bits per heavy atom. The number of fused-ring (bicyclic) bond motifs is 2. The number of carbonyl (C=O) groups excluding carboxylic acids is 1. The van der Waals surface area contributed by atoms with Crippen molar-refractivity contribution >= 4 is 5.78 Å². The zero-order valence-electron chi connectivity index (χ0n) is 15.7. The molecule has 0 N–H and O–H groups in total. The molecular formula is C23H24F3NO. The highest BCUT2D eigenvalue weighted by Gasteiger charge is 2.40. The van der Waals surface area contributed by atoms with E-state index in [1.165, 1.54) is 12.0 Å². The Balaban J connectivity index is 1.44. The predicted octanol–water partition coefficient (Wildman–Crippen LogP) is 5.05. The lowest BCUT2D eigenvalue weighted by Gasteiger charge is -2.48. The molecule has 0 aliphatic carbocycles. The van der Waals surface area contributed by atoms with Crippen molar-refractivity contribution in [1.29, 1.82) is 0 Å². The monoisotopic (exact) mass is 387 g/mol. The largest absolute Gasteiger partial charge is 0.299 e. The number of rotatable bonds is 5. The highest BCUT2D eigenvalue weighted by molar-refractivity contribution is 5.83. The Labute approximate surface area is 163 Å². The first kappa shape index (κ1) is 19.2. The molecule has 2 aliphatic rings. The van der Waals surface area contributed by atoms with Crippen molar-refractivity contribution in [3.8, 4) is 0 Å². The van der Waals surface area contributed by atoms with Crippen LogP contribution in [0.4, 0.5) is 13.2 Å². The Hall–Kier alpha value is -2.14. The first-order valence-corrected chi connectivity index (χ1v) is 9.97. The molecule has 2 bridgehead atoms. The van der Waals surface area contributed by atoms with Gasteiger partial charge in [0.05, 0.1) is 0 Å². The first-order valence-electron chi connectivity index (χ1n) is 9.97. The van der Waals surface area contributed by atoms with Crippen molar-refractivity contribution in [2.75, 3.05) is 0 Å². The van der Waals surface area contributed by atoms with Crippen molar-refractivity contribution in [2.45, 2.75) is 57.2 Å². The molecule has 2 aromatic carbocycles. The van der Waals surface area contributed by atoms with E-state index < -0.39 is 17.5 Å². The number of benzene rings is 2. The second-order valence-electron chi connectivity index (χ2n) is 8.08. The van der Waals surface area contributed by atoms with E-state index in [-0.39, 0.29) is 23.7 Å². The van der Waals surface area contributed by atoms with Crippen LogP contribution in [0.15, 0.2) is 42.5 Å². The van der Waals surface area contributed by atoms with E-state index >= 15 is 0 Å². The van der Waals surface area contributed by atoms with Crippen molar-refractivity contribution in [3.05, 3.63) is 71.0 Å². The molecule has 0 radical (unpaired) electrons. The van der Waals surface area contributed by atoms with Gasteiger partial charge in [0.25, 0.3) is 0 Å². The number of halogens is 3. The first-order chi connectivity index (χ1) is 13.5. The van der Waals surface area contributed by atoms with E-state index in [1.54, 1.807) is 0 Å². The maximum Gasteiger partial charge on any atom is 0.194 e. The second-order valence-corrected chi connectivity index (χ2v) is 8.08. The van der Waals surface area contributed by atoms with E-state index in [1.807, 2.05) is 18.2 Å². The van der Waals surface area contributed by atoms with E-state index in [2.05, 4.69) is 17.0 Å². The number of piperidine rings is 2. The van der Waals surface area contributed by atoms with E-state index in [9.17, 15) is 18.0 Å². The molecule has 2 saturated heterocycles. The van der Waals surface area contributed by atoms with Crippen molar-refractivity contribution < 1.29 is 18.0 Å². The van der Waals surface area contributed by atoms with Crippen LogP contribution in [0.5, 0.6) is 0 Å². The summed E-state index contributed by atoms with van der Waals surface area (Å²) in [5, 5.41) is 0. The van der Waals surface area contributed by atoms with E-state index in [0.29, 0.717) is 12.1 Å². The van der Waals surface area contributed by atoms with Crippen molar-refractivity contribution in [3.63, 3.8) is 0 Å². The zero-order chi connectivity index (χ0) is 19.7. The number of carbonyl (C=O) groups is 1. The van der Waals surface area contributed by atoms with Crippen LogP contribution in [0.25, 0.3) is 0 Å². The predicted molar refractivity (Wildman–Crippen MR) is 101 cm³/mol. The minimum atomic E-state index is -1.49. The van der Waals surface area contributed by atoms with Crippen molar-refractivity contribution in [2.24, 2.45) is 5.92 Å². The average molecular weight is 387 g/mol. The van der Waals surface area contributed by atoms with Gasteiger partial charge in [-0.3, -0.25) is 9.69 Å². The molecule has 2 aliphatic heterocycles. The molecular weight excluding hydrogens is 363 g/mol. The van der Waals surface area contributed by atoms with Crippen LogP contribution in [0.3, 0.4) is 0 Å². The Morgan fingerprint density at radius 3 is 2.14 bits per heavy atom. The lowest BCUT2D eigenvalue weighted by atomic mass is 9.75. The number of hydrogen-bond acceptors (Lipinski definition) is 2. The van der Waals surface area contributed by atoms with E-state index in [4.69, 9.17) is 0 Å². The van der Waals surface area contributed by atoms with Crippen molar-refractivity contribution in [1.82, 2.24) is 4.90 Å². The molecule has 4 rings (SSSR count). The van der Waals surface area contributed by atoms with Gasteiger partial charge in [-0.1, -0.05) is 36.8 Å². The van der Waals surface area contributed by atoms with Gasteiger partial charge in [-0.15, -0.1) is 0 Å². The van der Waals surface area contributed by atoms with Gasteiger partial charge in [0.2, 0.25) is 0 Å². The third-order valence-electron chi connectivity index (χ3n) is 6.21. The molecule has 2 nitrogen and oxygen atoms in total. The zero-order valence-corrected chi connectivity index (χ0v) is 15.7. The van der Waals surface area contributed by atoms with Crippen LogP contribution < -0.4 is 0 Å². The summed E-state index contributed by atoms with van der Waals surface area (Å²) in [7, 11) is 0. The molecule has 2 fully saturated rings. The lowest BCUT2D eigenvalue weighted by Crippen LogP contribution is -2.52. The van der Waals surface area contributed by atoms with Gasteiger partial charge in [0.1, 0.15) is 5.78 Å². The average Bonchev–Trinajstić information content (AvgIpc) is 2.66. The normalized spacial score (nSPS) is 24.9. The molecule has 2 aromatic rings. The third-order valence-corrected chi connectivity index (χ3v) is 6.21. The molecule has 28 heavy (non-hydrogen) atoms. The smallest absolute Gasteiger partial charge is 0.194 e. The van der Waals surface area contributed by atoms with Gasteiger partial charge >= 0.3 is 0 Å². The second kappa shape index (κ2) is 8.08. The molecule has 0 aromatic heterocycles. The van der Waals surface area contributed by atoms with Crippen LogP contribution in [-0.4, -0.2) is 22.8 Å². The maximum atomic E-state index is 13.4. The summed E-state index contributed by atoms with van der Waals surface area (Å²) >= 11 is 0. The van der Waals surface area contributed by atoms with Crippen LogP contribution in [0.1, 0.15) is 43.2 Å². The molecule has 0 spiro atoms. The fourth-order valence-electron chi connectivity index (χ4n) is 4.85. The standard InChI is InChI=1S/C23H24F3NO/c24-20-9-16(10-21(25)23(20)26)11-22(28)17-12-18-7-4-8-19(13-17)27(18)14-15-5-2-1-3-6-15/h1-3,5-6,9-10,17-19H,4,7-8,11-14H2. The Bertz CT molecular complexity index is 817. The van der Waals surface area contributed by atoms with Gasteiger partial charge < -0.3 is 0 Å². The number of ketones is 1. The summed E-state index contributed by atoms with van der Waals surface area (Å²) in [4.78, 5) is 15.3. The molecule has 0 saturated carbocycles. The Kier molecular flexibility index (Phi) is 5.54. The molecule has 2 unspecified atom stereocenters. The fraction of sp³-hybridized carbons (Fsp3) is 0.435. The summed E-state index contributed by atoms with van der Waals surface area (Å²) < 4.78 is 40.0. The number of Topliss-reactive ketones (excluding diaryl/α,β-unsaturated/α-hetero) is 1. The van der Waals surface area contributed by atoms with Gasteiger partial charge in [-0.25, -0.2) is 13.2 Å². The third kappa shape index (κ3) is 4.00. The highest BCUT2D eigenvalue weighted by Crippen LogP contribution is 2.38. The minimum absolute atomic E-state index is 0.00155. The number of hydrogen-bond donors (Lipinski definition) is 0. The number of nitrogens with zero attached hydrogens (tertiary/aromatic N) is 1. The van der Waals surface area contributed by atoms with Crippen LogP contribution in [-0.2, 0) is 17.8 Å². The van der Waals surface area contributed by atoms with Crippen LogP contribution in [0.2, 0.25) is 0 Å². The van der Waals surface area contributed by atoms with Gasteiger partial charge in [0.15, 0.2) is 17.5 Å². The Morgan fingerprint density at radius 2 is 1.54 bits per heavy atom. The topological polar surface area (TPSA) is 20.3 Å². The SMILES string of the molecule is O=C(Cc1cc(F)c(F)c(F)c1)C1CC2CCCC(C1)N2Cc1ccccc1. The molecule has 0 amide bonds. The van der Waals surface area contributed by atoms with Gasteiger partial charge in [-0.05, 0) is 48.9 Å².